The molecule has 0 fully saturated rings. The molecule has 0 aliphatic heterocycles. The Balaban J connectivity index is 1.62. The first-order chi connectivity index (χ1) is 16.6. The minimum Gasteiger partial charge on any atom is -0.478 e. The molecule has 4 aromatic rings. The SMILES string of the molecule is CCCCN(Cc1ccc(-c2ccccc2)c(-c2nn[nH]n2)c1)C(=S)Nc1sccc1C(=O)O. The number of aromatic carboxylic acids is 1. The molecule has 0 aliphatic carbocycles. The lowest BCUT2D eigenvalue weighted by atomic mass is 9.97. The number of rotatable bonds is 9. The van der Waals surface area contributed by atoms with Crippen molar-refractivity contribution in [3.63, 3.8) is 0 Å². The second-order valence-corrected chi connectivity index (χ2v) is 8.96. The van der Waals surface area contributed by atoms with Crippen LogP contribution in [-0.4, -0.2) is 48.3 Å². The molecule has 2 aromatic carbocycles. The first-order valence-corrected chi connectivity index (χ1v) is 12.1. The van der Waals surface area contributed by atoms with Crippen LogP contribution in [0.5, 0.6) is 0 Å². The fourth-order valence-electron chi connectivity index (χ4n) is 3.59. The highest BCUT2D eigenvalue weighted by molar-refractivity contribution is 7.80. The highest BCUT2D eigenvalue weighted by atomic mass is 32.1. The Hall–Kier alpha value is -3.63. The lowest BCUT2D eigenvalue weighted by molar-refractivity contribution is 0.0698. The van der Waals surface area contributed by atoms with Crippen LogP contribution in [0.1, 0.15) is 35.7 Å². The van der Waals surface area contributed by atoms with E-state index in [9.17, 15) is 9.90 Å². The highest BCUT2D eigenvalue weighted by Crippen LogP contribution is 2.31. The molecule has 0 bridgehead atoms. The van der Waals surface area contributed by atoms with Crippen LogP contribution >= 0.6 is 23.6 Å². The summed E-state index contributed by atoms with van der Waals surface area (Å²) in [6, 6.07) is 17.8. The Bertz CT molecular complexity index is 1260. The van der Waals surface area contributed by atoms with Gasteiger partial charge in [0, 0.05) is 18.7 Å². The normalized spacial score (nSPS) is 10.7. The second-order valence-electron chi connectivity index (χ2n) is 7.66. The minimum atomic E-state index is -0.979. The summed E-state index contributed by atoms with van der Waals surface area (Å²) in [5, 5.41) is 30.0. The van der Waals surface area contributed by atoms with E-state index in [0.717, 1.165) is 41.6 Å². The average molecular weight is 493 g/mol. The lowest BCUT2D eigenvalue weighted by Crippen LogP contribution is -2.35. The zero-order chi connectivity index (χ0) is 23.9. The molecule has 2 heterocycles. The number of H-pyrrole nitrogens is 1. The molecule has 0 unspecified atom stereocenters. The van der Waals surface area contributed by atoms with Crippen LogP contribution in [0.3, 0.4) is 0 Å². The van der Waals surface area contributed by atoms with E-state index in [1.54, 1.807) is 11.4 Å². The summed E-state index contributed by atoms with van der Waals surface area (Å²) in [7, 11) is 0. The lowest BCUT2D eigenvalue weighted by Gasteiger charge is -2.26. The molecule has 0 atom stereocenters. The molecular weight excluding hydrogens is 468 g/mol. The van der Waals surface area contributed by atoms with Gasteiger partial charge in [0.25, 0.3) is 0 Å². The summed E-state index contributed by atoms with van der Waals surface area (Å²) in [6.45, 7) is 3.42. The minimum absolute atomic E-state index is 0.217. The van der Waals surface area contributed by atoms with Crippen molar-refractivity contribution in [3.8, 4) is 22.5 Å². The third-order valence-corrected chi connectivity index (χ3v) is 6.50. The van der Waals surface area contributed by atoms with Gasteiger partial charge in [0.2, 0.25) is 5.82 Å². The van der Waals surface area contributed by atoms with Crippen molar-refractivity contribution in [2.45, 2.75) is 26.3 Å². The van der Waals surface area contributed by atoms with Gasteiger partial charge in [-0.15, -0.1) is 21.5 Å². The Morgan fingerprint density at radius 3 is 2.71 bits per heavy atom. The number of unbranched alkanes of at least 4 members (excludes halogenated alkanes) is 1. The predicted octanol–water partition coefficient (Wildman–Crippen LogP) is 5.29. The maximum atomic E-state index is 11.5. The van der Waals surface area contributed by atoms with Crippen molar-refractivity contribution in [1.29, 1.82) is 0 Å². The number of carboxylic acids is 1. The van der Waals surface area contributed by atoms with Crippen molar-refractivity contribution < 1.29 is 9.90 Å². The fraction of sp³-hybridized carbons (Fsp3) is 0.208. The largest absolute Gasteiger partial charge is 0.478 e. The average Bonchev–Trinajstić information content (AvgIpc) is 3.55. The van der Waals surface area contributed by atoms with Gasteiger partial charge < -0.3 is 15.3 Å². The third-order valence-electron chi connectivity index (χ3n) is 5.31. The zero-order valence-corrected chi connectivity index (χ0v) is 20.2. The Kier molecular flexibility index (Phi) is 7.61. The smallest absolute Gasteiger partial charge is 0.338 e. The van der Waals surface area contributed by atoms with E-state index in [4.69, 9.17) is 12.2 Å². The predicted molar refractivity (Wildman–Crippen MR) is 138 cm³/mol. The molecule has 8 nitrogen and oxygen atoms in total. The third kappa shape index (κ3) is 5.46. The van der Waals surface area contributed by atoms with E-state index in [0.29, 0.717) is 22.5 Å². The number of anilines is 1. The zero-order valence-electron chi connectivity index (χ0n) is 18.6. The number of thiocarbonyl (C=S) groups is 1. The van der Waals surface area contributed by atoms with Crippen LogP contribution < -0.4 is 5.32 Å². The van der Waals surface area contributed by atoms with E-state index in [1.807, 2.05) is 30.3 Å². The van der Waals surface area contributed by atoms with Crippen LogP contribution in [0.2, 0.25) is 0 Å². The fourth-order valence-corrected chi connectivity index (χ4v) is 4.69. The van der Waals surface area contributed by atoms with Gasteiger partial charge in [-0.1, -0.05) is 55.8 Å². The number of aromatic amines is 1. The topological polar surface area (TPSA) is 107 Å². The monoisotopic (exact) mass is 492 g/mol. The molecule has 10 heteroatoms. The van der Waals surface area contributed by atoms with Crippen molar-refractivity contribution >= 4 is 39.6 Å². The quantitative estimate of drug-likeness (QED) is 0.271. The Morgan fingerprint density at radius 1 is 1.18 bits per heavy atom. The number of benzene rings is 2. The summed E-state index contributed by atoms with van der Waals surface area (Å²) in [4.78, 5) is 13.5. The number of hydrogen-bond acceptors (Lipinski definition) is 6. The molecule has 0 saturated carbocycles. The number of carbonyl (C=O) groups is 1. The summed E-state index contributed by atoms with van der Waals surface area (Å²) in [5.41, 5.74) is 4.20. The molecule has 34 heavy (non-hydrogen) atoms. The van der Waals surface area contributed by atoms with Gasteiger partial charge in [-0.2, -0.15) is 5.21 Å². The second kappa shape index (κ2) is 11.0. The Labute approximate surface area is 206 Å². The summed E-state index contributed by atoms with van der Waals surface area (Å²) in [5.74, 6) is -0.459. The number of tetrazole rings is 1. The first-order valence-electron chi connectivity index (χ1n) is 10.9. The van der Waals surface area contributed by atoms with Gasteiger partial charge in [-0.3, -0.25) is 0 Å². The number of nitrogens with one attached hydrogen (secondary N) is 2. The van der Waals surface area contributed by atoms with Gasteiger partial charge >= 0.3 is 5.97 Å². The van der Waals surface area contributed by atoms with Crippen LogP contribution in [0.4, 0.5) is 5.00 Å². The van der Waals surface area contributed by atoms with Gasteiger partial charge in [0.1, 0.15) is 5.00 Å². The van der Waals surface area contributed by atoms with E-state index >= 15 is 0 Å². The number of aromatic nitrogens is 4. The molecule has 3 N–H and O–H groups in total. The maximum absolute atomic E-state index is 11.5. The van der Waals surface area contributed by atoms with Crippen molar-refractivity contribution in [2.24, 2.45) is 0 Å². The van der Waals surface area contributed by atoms with Crippen LogP contribution in [0.25, 0.3) is 22.5 Å². The molecule has 4 rings (SSSR count). The molecule has 0 radical (unpaired) electrons. The Morgan fingerprint density at radius 2 is 2.00 bits per heavy atom. The maximum Gasteiger partial charge on any atom is 0.338 e. The van der Waals surface area contributed by atoms with Crippen LogP contribution in [-0.2, 0) is 6.54 Å². The molecule has 0 spiro atoms. The van der Waals surface area contributed by atoms with E-state index in [-0.39, 0.29) is 5.56 Å². The molecule has 174 valence electrons. The molecule has 0 saturated heterocycles. The molecular formula is C24H24N6O2S2. The standard InChI is InChI=1S/C24H24N6O2S2/c1-2-3-12-30(24(33)25-22-19(23(31)32)11-13-34-22)15-16-9-10-18(17-7-5-4-6-8-17)20(14-16)21-26-28-29-27-21/h4-11,13-14H,2-3,12,15H2,1H3,(H,25,33)(H,31,32)(H,26,27,28,29). The van der Waals surface area contributed by atoms with Crippen molar-refractivity contribution in [3.05, 3.63) is 71.1 Å². The van der Waals surface area contributed by atoms with E-state index in [1.165, 1.54) is 11.3 Å². The van der Waals surface area contributed by atoms with Gasteiger partial charge in [-0.25, -0.2) is 4.79 Å². The van der Waals surface area contributed by atoms with Crippen molar-refractivity contribution in [1.82, 2.24) is 25.5 Å². The van der Waals surface area contributed by atoms with Gasteiger partial charge in [0.15, 0.2) is 5.11 Å². The van der Waals surface area contributed by atoms with Crippen molar-refractivity contribution in [2.75, 3.05) is 11.9 Å². The summed E-state index contributed by atoms with van der Waals surface area (Å²) >= 11 is 7.01. The van der Waals surface area contributed by atoms with E-state index in [2.05, 4.69) is 56.0 Å². The number of thiophene rings is 1. The first kappa shape index (κ1) is 23.5. The molecule has 0 aliphatic rings. The summed E-state index contributed by atoms with van der Waals surface area (Å²) < 4.78 is 0. The summed E-state index contributed by atoms with van der Waals surface area (Å²) in [6.07, 6.45) is 1.97. The number of hydrogen-bond donors (Lipinski definition) is 3. The highest BCUT2D eigenvalue weighted by Gasteiger charge is 2.18. The van der Waals surface area contributed by atoms with Crippen LogP contribution in [0.15, 0.2) is 60.0 Å². The molecule has 2 aromatic heterocycles. The number of carboxylic acid groups (broad SMARTS) is 1. The van der Waals surface area contributed by atoms with E-state index < -0.39 is 5.97 Å². The van der Waals surface area contributed by atoms with Gasteiger partial charge in [0.05, 0.1) is 5.56 Å². The van der Waals surface area contributed by atoms with Gasteiger partial charge in [-0.05, 0) is 58.1 Å². The van der Waals surface area contributed by atoms with Crippen LogP contribution in [0, 0.1) is 0 Å². The molecule has 0 amide bonds. The number of nitrogens with zero attached hydrogens (tertiary/aromatic N) is 4.